The summed E-state index contributed by atoms with van der Waals surface area (Å²) in [5.41, 5.74) is 1.14. The molecule has 0 aliphatic heterocycles. The van der Waals surface area contributed by atoms with Crippen LogP contribution >= 0.6 is 0 Å². The van der Waals surface area contributed by atoms with E-state index in [-0.39, 0.29) is 0 Å². The first-order valence-electron chi connectivity index (χ1n) is 4.86. The van der Waals surface area contributed by atoms with Crippen molar-refractivity contribution < 1.29 is 4.74 Å². The van der Waals surface area contributed by atoms with E-state index in [1.54, 1.807) is 24.3 Å². The Balaban J connectivity index is 2.45. The van der Waals surface area contributed by atoms with Gasteiger partial charge in [0.25, 0.3) is 0 Å². The highest BCUT2D eigenvalue weighted by Crippen LogP contribution is 2.23. The van der Waals surface area contributed by atoms with Crippen LogP contribution in [0.4, 0.5) is 0 Å². The molecule has 1 aromatic heterocycles. The maximum absolute atomic E-state index is 8.86. The van der Waals surface area contributed by atoms with Crippen molar-refractivity contribution in [3.63, 3.8) is 0 Å². The second kappa shape index (κ2) is 4.90. The van der Waals surface area contributed by atoms with Gasteiger partial charge in [0.05, 0.1) is 11.6 Å². The molecule has 0 N–H and O–H groups in total. The number of benzene rings is 1. The SMILES string of the molecule is C=CCOc1ccc(C#N)cc1-n1cnnn1. The summed E-state index contributed by atoms with van der Waals surface area (Å²) in [6, 6.07) is 7.10. The van der Waals surface area contributed by atoms with Crippen molar-refractivity contribution in [3.8, 4) is 17.5 Å². The van der Waals surface area contributed by atoms with Crippen molar-refractivity contribution in [2.75, 3.05) is 6.61 Å². The lowest BCUT2D eigenvalue weighted by Crippen LogP contribution is -2.02. The molecule has 6 nitrogen and oxygen atoms in total. The molecule has 84 valence electrons. The molecular weight excluding hydrogens is 218 g/mol. The van der Waals surface area contributed by atoms with Crippen LogP contribution in [0.2, 0.25) is 0 Å². The van der Waals surface area contributed by atoms with Crippen LogP contribution in [0, 0.1) is 11.3 Å². The lowest BCUT2D eigenvalue weighted by atomic mass is 10.2. The number of nitrogens with zero attached hydrogens (tertiary/aromatic N) is 5. The third kappa shape index (κ3) is 2.29. The Bertz CT molecular complexity index is 556. The number of hydrogen-bond donors (Lipinski definition) is 0. The van der Waals surface area contributed by atoms with Crippen molar-refractivity contribution in [1.82, 2.24) is 20.2 Å². The maximum atomic E-state index is 8.86. The Labute approximate surface area is 97.7 Å². The van der Waals surface area contributed by atoms with Crippen LogP contribution in [-0.2, 0) is 0 Å². The van der Waals surface area contributed by atoms with Gasteiger partial charge in [-0.05, 0) is 28.6 Å². The van der Waals surface area contributed by atoms with E-state index in [9.17, 15) is 0 Å². The summed E-state index contributed by atoms with van der Waals surface area (Å²) >= 11 is 0. The van der Waals surface area contributed by atoms with Crippen LogP contribution < -0.4 is 4.74 Å². The molecule has 2 aromatic rings. The summed E-state index contributed by atoms with van der Waals surface area (Å²) in [6.45, 7) is 3.95. The minimum atomic E-state index is 0.376. The van der Waals surface area contributed by atoms with E-state index < -0.39 is 0 Å². The number of nitriles is 1. The summed E-state index contributed by atoms with van der Waals surface area (Å²) in [5.74, 6) is 0.594. The molecule has 0 unspecified atom stereocenters. The van der Waals surface area contributed by atoms with Crippen molar-refractivity contribution >= 4 is 0 Å². The standard InChI is InChI=1S/C11H9N5O/c1-2-5-17-11-4-3-9(7-12)6-10(11)16-8-13-14-15-16/h2-4,6,8H,1,5H2. The van der Waals surface area contributed by atoms with Crippen molar-refractivity contribution in [2.24, 2.45) is 0 Å². The zero-order valence-electron chi connectivity index (χ0n) is 8.95. The number of tetrazole rings is 1. The predicted molar refractivity (Wildman–Crippen MR) is 59.6 cm³/mol. The highest BCUT2D eigenvalue weighted by Gasteiger charge is 2.08. The highest BCUT2D eigenvalue weighted by molar-refractivity contribution is 5.51. The van der Waals surface area contributed by atoms with E-state index in [0.717, 1.165) is 0 Å². The smallest absolute Gasteiger partial charge is 0.145 e. The summed E-state index contributed by atoms with van der Waals surface area (Å²) in [5, 5.41) is 19.7. The minimum absolute atomic E-state index is 0.376. The maximum Gasteiger partial charge on any atom is 0.145 e. The molecule has 1 aromatic carbocycles. The lowest BCUT2D eigenvalue weighted by Gasteiger charge is -2.09. The third-order valence-electron chi connectivity index (χ3n) is 2.04. The molecule has 0 fully saturated rings. The van der Waals surface area contributed by atoms with Crippen LogP contribution in [0.5, 0.6) is 5.75 Å². The van der Waals surface area contributed by atoms with Crippen LogP contribution in [-0.4, -0.2) is 26.8 Å². The van der Waals surface area contributed by atoms with E-state index >= 15 is 0 Å². The highest BCUT2D eigenvalue weighted by atomic mass is 16.5. The number of aromatic nitrogens is 4. The zero-order valence-corrected chi connectivity index (χ0v) is 8.95. The first-order chi connectivity index (χ1) is 8.35. The molecule has 0 spiro atoms. The van der Waals surface area contributed by atoms with E-state index in [2.05, 4.69) is 28.2 Å². The van der Waals surface area contributed by atoms with Crippen molar-refractivity contribution in [3.05, 3.63) is 42.7 Å². The fourth-order valence-corrected chi connectivity index (χ4v) is 1.31. The molecule has 0 radical (unpaired) electrons. The molecule has 0 aliphatic rings. The van der Waals surface area contributed by atoms with Gasteiger partial charge < -0.3 is 4.74 Å². The Hall–Kier alpha value is -2.68. The van der Waals surface area contributed by atoms with Gasteiger partial charge in [-0.3, -0.25) is 0 Å². The second-order valence-corrected chi connectivity index (χ2v) is 3.15. The normalized spacial score (nSPS) is 9.59. The number of hydrogen-bond acceptors (Lipinski definition) is 5. The average molecular weight is 227 g/mol. The monoisotopic (exact) mass is 227 g/mol. The predicted octanol–water partition coefficient (Wildman–Crippen LogP) is 1.10. The summed E-state index contributed by atoms with van der Waals surface area (Å²) in [7, 11) is 0. The molecule has 2 rings (SSSR count). The number of rotatable bonds is 4. The van der Waals surface area contributed by atoms with E-state index in [1.807, 2.05) is 0 Å². The van der Waals surface area contributed by atoms with Gasteiger partial charge in [-0.2, -0.15) is 9.94 Å². The van der Waals surface area contributed by atoms with Crippen LogP contribution in [0.3, 0.4) is 0 Å². The summed E-state index contributed by atoms with van der Waals surface area (Å²) in [4.78, 5) is 0. The van der Waals surface area contributed by atoms with E-state index in [0.29, 0.717) is 23.6 Å². The summed E-state index contributed by atoms with van der Waals surface area (Å²) < 4.78 is 6.91. The van der Waals surface area contributed by atoms with Gasteiger partial charge in [0, 0.05) is 0 Å². The first-order valence-corrected chi connectivity index (χ1v) is 4.86. The zero-order chi connectivity index (χ0) is 12.1. The molecule has 0 amide bonds. The molecular formula is C11H9N5O. The molecule has 0 saturated carbocycles. The largest absolute Gasteiger partial charge is 0.487 e. The molecule has 0 saturated heterocycles. The third-order valence-corrected chi connectivity index (χ3v) is 2.04. The van der Waals surface area contributed by atoms with Crippen LogP contribution in [0.1, 0.15) is 5.56 Å². The molecule has 1 heterocycles. The Morgan fingerprint density at radius 3 is 3.06 bits per heavy atom. The van der Waals surface area contributed by atoms with Crippen LogP contribution in [0.25, 0.3) is 5.69 Å². The Kier molecular flexibility index (Phi) is 3.12. The molecule has 17 heavy (non-hydrogen) atoms. The Morgan fingerprint density at radius 2 is 2.41 bits per heavy atom. The van der Waals surface area contributed by atoms with Gasteiger partial charge in [0.15, 0.2) is 0 Å². The molecule has 6 heteroatoms. The van der Waals surface area contributed by atoms with Gasteiger partial charge in [-0.1, -0.05) is 12.7 Å². The topological polar surface area (TPSA) is 76.6 Å². The quantitative estimate of drug-likeness (QED) is 0.731. The number of ether oxygens (including phenoxy) is 1. The lowest BCUT2D eigenvalue weighted by molar-refractivity contribution is 0.361. The van der Waals surface area contributed by atoms with Crippen LogP contribution in [0.15, 0.2) is 37.2 Å². The minimum Gasteiger partial charge on any atom is -0.487 e. The van der Waals surface area contributed by atoms with Gasteiger partial charge in [-0.25, -0.2) is 0 Å². The van der Waals surface area contributed by atoms with Gasteiger partial charge >= 0.3 is 0 Å². The first kappa shape index (κ1) is 10.8. The second-order valence-electron chi connectivity index (χ2n) is 3.15. The van der Waals surface area contributed by atoms with Crippen molar-refractivity contribution in [2.45, 2.75) is 0 Å². The molecule has 0 bridgehead atoms. The van der Waals surface area contributed by atoms with Gasteiger partial charge in [0.1, 0.15) is 24.4 Å². The average Bonchev–Trinajstić information content (AvgIpc) is 2.90. The van der Waals surface area contributed by atoms with Gasteiger partial charge in [0.2, 0.25) is 0 Å². The molecule has 0 aliphatic carbocycles. The Morgan fingerprint density at radius 1 is 1.53 bits per heavy atom. The fourth-order valence-electron chi connectivity index (χ4n) is 1.31. The van der Waals surface area contributed by atoms with E-state index in [4.69, 9.17) is 10.00 Å². The van der Waals surface area contributed by atoms with Gasteiger partial charge in [-0.15, -0.1) is 5.10 Å². The summed E-state index contributed by atoms with van der Waals surface area (Å²) in [6.07, 6.45) is 3.08. The van der Waals surface area contributed by atoms with E-state index in [1.165, 1.54) is 11.0 Å². The van der Waals surface area contributed by atoms with Crippen molar-refractivity contribution in [1.29, 1.82) is 5.26 Å². The fraction of sp³-hybridized carbons (Fsp3) is 0.0909. The molecule has 0 atom stereocenters.